The van der Waals surface area contributed by atoms with Crippen LogP contribution in [0.4, 0.5) is 5.82 Å². The van der Waals surface area contributed by atoms with Crippen molar-refractivity contribution < 1.29 is 4.74 Å². The van der Waals surface area contributed by atoms with Gasteiger partial charge in [-0.2, -0.15) is 5.10 Å². The van der Waals surface area contributed by atoms with E-state index in [0.29, 0.717) is 17.7 Å². The standard InChI is InChI=1S/C12H16N6O/c1-17-5-2-9(7-17)18-8-10(6-16-18)19-12-11(13)14-3-4-15-12/h3-4,6,8-9H,2,5,7H2,1H3,(H2,13,14). The Morgan fingerprint density at radius 2 is 2.21 bits per heavy atom. The molecule has 3 rings (SSSR count). The lowest BCUT2D eigenvalue weighted by Gasteiger charge is -2.10. The Labute approximate surface area is 111 Å². The van der Waals surface area contributed by atoms with Crippen LogP contribution >= 0.6 is 0 Å². The van der Waals surface area contributed by atoms with Crippen LogP contribution in [0.15, 0.2) is 24.8 Å². The van der Waals surface area contributed by atoms with E-state index in [1.54, 1.807) is 12.4 Å². The minimum Gasteiger partial charge on any atom is -0.433 e. The van der Waals surface area contributed by atoms with Gasteiger partial charge < -0.3 is 15.4 Å². The highest BCUT2D eigenvalue weighted by Gasteiger charge is 2.22. The fraction of sp³-hybridized carbons (Fsp3) is 0.417. The summed E-state index contributed by atoms with van der Waals surface area (Å²) < 4.78 is 7.52. The predicted octanol–water partition coefficient (Wildman–Crippen LogP) is 0.924. The molecular formula is C12H16N6O. The number of likely N-dealkylation sites (N-methyl/N-ethyl adjacent to an activating group) is 1. The van der Waals surface area contributed by atoms with Crippen molar-refractivity contribution in [2.75, 3.05) is 25.9 Å². The van der Waals surface area contributed by atoms with Crippen LogP contribution in [-0.4, -0.2) is 44.8 Å². The first-order valence-electron chi connectivity index (χ1n) is 6.19. The van der Waals surface area contributed by atoms with Gasteiger partial charge in [-0.25, -0.2) is 9.97 Å². The van der Waals surface area contributed by atoms with Gasteiger partial charge >= 0.3 is 0 Å². The van der Waals surface area contributed by atoms with Crippen LogP contribution in [-0.2, 0) is 0 Å². The maximum Gasteiger partial charge on any atom is 0.262 e. The SMILES string of the molecule is CN1CCC(n2cc(Oc3nccnc3N)cn2)C1. The smallest absolute Gasteiger partial charge is 0.262 e. The second-order valence-corrected chi connectivity index (χ2v) is 4.71. The minimum absolute atomic E-state index is 0.274. The van der Waals surface area contributed by atoms with Gasteiger partial charge in [0, 0.05) is 18.9 Å². The summed E-state index contributed by atoms with van der Waals surface area (Å²) in [6.07, 6.45) is 7.72. The highest BCUT2D eigenvalue weighted by Crippen LogP contribution is 2.25. The van der Waals surface area contributed by atoms with Crippen molar-refractivity contribution in [2.45, 2.75) is 12.5 Å². The quantitative estimate of drug-likeness (QED) is 0.883. The molecule has 7 heteroatoms. The molecule has 2 N–H and O–H groups in total. The van der Waals surface area contributed by atoms with E-state index in [1.165, 1.54) is 6.20 Å². The van der Waals surface area contributed by atoms with Crippen molar-refractivity contribution >= 4 is 5.82 Å². The van der Waals surface area contributed by atoms with Gasteiger partial charge in [0.2, 0.25) is 0 Å². The molecule has 1 saturated heterocycles. The second-order valence-electron chi connectivity index (χ2n) is 4.71. The number of nitrogens with zero attached hydrogens (tertiary/aromatic N) is 5. The molecule has 0 radical (unpaired) electrons. The molecule has 0 saturated carbocycles. The molecule has 0 spiro atoms. The normalized spacial score (nSPS) is 19.7. The number of nitrogen functional groups attached to an aromatic ring is 1. The zero-order chi connectivity index (χ0) is 13.2. The lowest BCUT2D eigenvalue weighted by Crippen LogP contribution is -2.16. The van der Waals surface area contributed by atoms with E-state index in [0.717, 1.165) is 19.5 Å². The Hall–Kier alpha value is -2.15. The van der Waals surface area contributed by atoms with Crippen molar-refractivity contribution in [1.82, 2.24) is 24.6 Å². The summed E-state index contributed by atoms with van der Waals surface area (Å²) in [5.74, 6) is 1.21. The zero-order valence-electron chi connectivity index (χ0n) is 10.7. The summed E-state index contributed by atoms with van der Waals surface area (Å²) >= 11 is 0. The third kappa shape index (κ3) is 2.50. The maximum absolute atomic E-state index is 5.68. The van der Waals surface area contributed by atoms with Crippen LogP contribution in [0.25, 0.3) is 0 Å². The molecule has 0 bridgehead atoms. The lowest BCUT2D eigenvalue weighted by atomic mass is 10.3. The van der Waals surface area contributed by atoms with E-state index in [-0.39, 0.29) is 5.82 Å². The van der Waals surface area contributed by atoms with Crippen LogP contribution in [0.1, 0.15) is 12.5 Å². The van der Waals surface area contributed by atoms with Gasteiger partial charge in [0.05, 0.1) is 18.4 Å². The molecule has 7 nitrogen and oxygen atoms in total. The van der Waals surface area contributed by atoms with E-state index in [2.05, 4.69) is 27.0 Å². The molecule has 2 aromatic heterocycles. The Morgan fingerprint density at radius 1 is 1.37 bits per heavy atom. The highest BCUT2D eigenvalue weighted by molar-refractivity contribution is 5.41. The number of ether oxygens (including phenoxy) is 1. The topological polar surface area (TPSA) is 82.1 Å². The van der Waals surface area contributed by atoms with Gasteiger partial charge in [0.15, 0.2) is 11.6 Å². The van der Waals surface area contributed by atoms with Gasteiger partial charge in [-0.15, -0.1) is 0 Å². The van der Waals surface area contributed by atoms with E-state index < -0.39 is 0 Å². The van der Waals surface area contributed by atoms with E-state index in [1.807, 2.05) is 10.9 Å². The monoisotopic (exact) mass is 260 g/mol. The van der Waals surface area contributed by atoms with Crippen molar-refractivity contribution in [2.24, 2.45) is 0 Å². The summed E-state index contributed by atoms with van der Waals surface area (Å²) in [6, 6.07) is 0.404. The Bertz CT molecular complexity index is 569. The average Bonchev–Trinajstić information content (AvgIpc) is 3.01. The fourth-order valence-electron chi connectivity index (χ4n) is 2.23. The van der Waals surface area contributed by atoms with E-state index >= 15 is 0 Å². The van der Waals surface area contributed by atoms with Crippen LogP contribution in [0.2, 0.25) is 0 Å². The molecule has 3 heterocycles. The number of hydrogen-bond donors (Lipinski definition) is 1. The number of rotatable bonds is 3. The molecule has 1 fully saturated rings. The van der Waals surface area contributed by atoms with Gasteiger partial charge in [0.25, 0.3) is 5.88 Å². The van der Waals surface area contributed by atoms with Gasteiger partial charge in [-0.05, 0) is 20.0 Å². The van der Waals surface area contributed by atoms with Gasteiger partial charge in [0.1, 0.15) is 0 Å². The average molecular weight is 260 g/mol. The number of likely N-dealkylation sites (tertiary alicyclic amines) is 1. The molecule has 1 atom stereocenters. The van der Waals surface area contributed by atoms with Crippen LogP contribution in [0, 0.1) is 0 Å². The summed E-state index contributed by atoms with van der Waals surface area (Å²) in [4.78, 5) is 10.2. The molecular weight excluding hydrogens is 244 g/mol. The molecule has 0 aliphatic carbocycles. The van der Waals surface area contributed by atoms with Crippen molar-refractivity contribution in [3.8, 4) is 11.6 Å². The second kappa shape index (κ2) is 4.85. The number of hydrogen-bond acceptors (Lipinski definition) is 6. The molecule has 0 amide bonds. The molecule has 19 heavy (non-hydrogen) atoms. The largest absolute Gasteiger partial charge is 0.433 e. The highest BCUT2D eigenvalue weighted by atomic mass is 16.5. The molecule has 0 aromatic carbocycles. The van der Waals surface area contributed by atoms with Crippen molar-refractivity contribution in [1.29, 1.82) is 0 Å². The predicted molar refractivity (Wildman–Crippen MR) is 69.9 cm³/mol. The third-order valence-corrected chi connectivity index (χ3v) is 3.22. The summed E-state index contributed by atoms with van der Waals surface area (Å²) in [5, 5.41) is 4.33. The molecule has 1 aliphatic heterocycles. The summed E-state index contributed by atoms with van der Waals surface area (Å²) in [6.45, 7) is 2.10. The molecule has 1 aliphatic rings. The zero-order valence-corrected chi connectivity index (χ0v) is 10.7. The minimum atomic E-state index is 0.274. The molecule has 1 unspecified atom stereocenters. The fourth-order valence-corrected chi connectivity index (χ4v) is 2.23. The van der Waals surface area contributed by atoms with Crippen LogP contribution in [0.5, 0.6) is 11.6 Å². The van der Waals surface area contributed by atoms with Crippen LogP contribution in [0.3, 0.4) is 0 Å². The van der Waals surface area contributed by atoms with Gasteiger partial charge in [-0.3, -0.25) is 4.68 Å². The number of nitrogens with two attached hydrogens (primary N) is 1. The summed E-state index contributed by atoms with van der Waals surface area (Å²) in [7, 11) is 2.11. The Morgan fingerprint density at radius 3 is 2.95 bits per heavy atom. The third-order valence-electron chi connectivity index (χ3n) is 3.22. The van der Waals surface area contributed by atoms with Gasteiger partial charge in [-0.1, -0.05) is 0 Å². The molecule has 2 aromatic rings. The summed E-state index contributed by atoms with van der Waals surface area (Å²) in [5.41, 5.74) is 5.68. The number of aromatic nitrogens is 4. The van der Waals surface area contributed by atoms with Crippen molar-refractivity contribution in [3.05, 3.63) is 24.8 Å². The lowest BCUT2D eigenvalue weighted by molar-refractivity contribution is 0.381. The molecule has 100 valence electrons. The first-order chi connectivity index (χ1) is 9.22. The maximum atomic E-state index is 5.68. The van der Waals surface area contributed by atoms with E-state index in [9.17, 15) is 0 Å². The Balaban J connectivity index is 1.73. The van der Waals surface area contributed by atoms with E-state index in [4.69, 9.17) is 10.5 Å². The number of anilines is 1. The first-order valence-corrected chi connectivity index (χ1v) is 6.19. The first kappa shape index (κ1) is 11.9. The van der Waals surface area contributed by atoms with Crippen molar-refractivity contribution in [3.63, 3.8) is 0 Å². The Kier molecular flexibility index (Phi) is 3.04. The van der Waals surface area contributed by atoms with Crippen LogP contribution < -0.4 is 10.5 Å².